The van der Waals surface area contributed by atoms with E-state index < -0.39 is 0 Å². The van der Waals surface area contributed by atoms with Crippen molar-refractivity contribution in [2.45, 2.75) is 31.8 Å². The molecule has 6 nitrogen and oxygen atoms in total. The summed E-state index contributed by atoms with van der Waals surface area (Å²) in [7, 11) is 0. The number of fused-ring (bicyclic) bond motifs is 1. The minimum Gasteiger partial charge on any atom is -0.368 e. The molecule has 0 radical (unpaired) electrons. The van der Waals surface area contributed by atoms with Gasteiger partial charge in [0.2, 0.25) is 5.91 Å². The van der Waals surface area contributed by atoms with Crippen molar-refractivity contribution in [3.63, 3.8) is 0 Å². The van der Waals surface area contributed by atoms with Crippen molar-refractivity contribution in [2.75, 3.05) is 22.9 Å². The molecule has 4 rings (SSSR count). The Morgan fingerprint density at radius 1 is 1.12 bits per heavy atom. The second kappa shape index (κ2) is 6.11. The Morgan fingerprint density at radius 2 is 1.92 bits per heavy atom. The Bertz CT molecular complexity index is 763. The third-order valence-corrected chi connectivity index (χ3v) is 4.97. The van der Waals surface area contributed by atoms with Crippen LogP contribution in [0.5, 0.6) is 0 Å². The molecular weight excluding hydrogens is 302 g/mol. The molecule has 1 aromatic carbocycles. The number of carbonyl (C=O) groups excluding carboxylic acids is 1. The number of benzene rings is 1. The molecule has 3 heterocycles. The number of rotatable bonds is 3. The number of hydrogen-bond donors (Lipinski definition) is 1. The van der Waals surface area contributed by atoms with Crippen molar-refractivity contribution < 1.29 is 4.79 Å². The van der Waals surface area contributed by atoms with Gasteiger partial charge in [-0.2, -0.15) is 0 Å². The maximum Gasteiger partial charge on any atom is 0.240 e. The summed E-state index contributed by atoms with van der Waals surface area (Å²) in [6.45, 7) is 2.60. The highest BCUT2D eigenvalue weighted by atomic mass is 16.1. The molecule has 0 spiro atoms. The molecule has 24 heavy (non-hydrogen) atoms. The normalized spacial score (nSPS) is 20.1. The van der Waals surface area contributed by atoms with E-state index in [-0.39, 0.29) is 11.9 Å². The quantitative estimate of drug-likeness (QED) is 0.926. The number of nitrogens with zero attached hydrogens (tertiary/aromatic N) is 4. The van der Waals surface area contributed by atoms with Gasteiger partial charge in [-0.05, 0) is 30.4 Å². The Labute approximate surface area is 141 Å². The lowest BCUT2D eigenvalue weighted by atomic mass is 10.00. The van der Waals surface area contributed by atoms with Crippen molar-refractivity contribution in [2.24, 2.45) is 5.73 Å². The van der Waals surface area contributed by atoms with Crippen molar-refractivity contribution in [3.8, 4) is 0 Å². The molecule has 2 aliphatic heterocycles. The molecule has 2 aromatic rings. The van der Waals surface area contributed by atoms with E-state index in [4.69, 9.17) is 5.73 Å². The minimum absolute atomic E-state index is 0.255. The lowest BCUT2D eigenvalue weighted by molar-refractivity contribution is -0.119. The van der Waals surface area contributed by atoms with Gasteiger partial charge in [0.1, 0.15) is 24.0 Å². The number of aromatic nitrogens is 2. The van der Waals surface area contributed by atoms with Gasteiger partial charge in [-0.15, -0.1) is 0 Å². The third-order valence-electron chi connectivity index (χ3n) is 4.97. The number of primary amides is 1. The maximum absolute atomic E-state index is 11.6. The van der Waals surface area contributed by atoms with E-state index in [1.165, 1.54) is 11.1 Å². The fraction of sp³-hybridized carbons (Fsp3) is 0.389. The van der Waals surface area contributed by atoms with Crippen LogP contribution in [0.25, 0.3) is 0 Å². The molecule has 124 valence electrons. The van der Waals surface area contributed by atoms with Crippen LogP contribution in [-0.2, 0) is 17.8 Å². The smallest absolute Gasteiger partial charge is 0.240 e. The summed E-state index contributed by atoms with van der Waals surface area (Å²) in [6, 6.07) is 10.3. The fourth-order valence-electron chi connectivity index (χ4n) is 3.70. The number of anilines is 2. The zero-order chi connectivity index (χ0) is 16.5. The second-order valence-electron chi connectivity index (χ2n) is 6.43. The molecule has 1 unspecified atom stereocenters. The van der Waals surface area contributed by atoms with Gasteiger partial charge in [0.05, 0.1) is 0 Å². The average Bonchev–Trinajstić information content (AvgIpc) is 3.11. The third kappa shape index (κ3) is 2.68. The van der Waals surface area contributed by atoms with Crippen molar-refractivity contribution in [3.05, 3.63) is 47.8 Å². The highest BCUT2D eigenvalue weighted by Crippen LogP contribution is 2.28. The summed E-state index contributed by atoms with van der Waals surface area (Å²) in [4.78, 5) is 24.7. The standard InChI is InChI=1S/C18H21N5O/c19-18(24)15-6-3-8-23(15)17-10-16(20-12-21-17)22-9-7-13-4-1-2-5-14(13)11-22/h1-2,4-5,10,12,15H,3,6-9,11H2,(H2,19,24). The average molecular weight is 323 g/mol. The number of carbonyl (C=O) groups is 1. The number of hydrogen-bond acceptors (Lipinski definition) is 5. The Hall–Kier alpha value is -2.63. The van der Waals surface area contributed by atoms with Crippen LogP contribution in [0.4, 0.5) is 11.6 Å². The van der Waals surface area contributed by atoms with E-state index in [2.05, 4.69) is 39.1 Å². The lowest BCUT2D eigenvalue weighted by Gasteiger charge is -2.30. The summed E-state index contributed by atoms with van der Waals surface area (Å²) in [5.74, 6) is 1.42. The maximum atomic E-state index is 11.6. The Kier molecular flexibility index (Phi) is 3.80. The van der Waals surface area contributed by atoms with Gasteiger partial charge < -0.3 is 15.5 Å². The van der Waals surface area contributed by atoms with E-state index in [1.807, 2.05) is 11.0 Å². The highest BCUT2D eigenvalue weighted by Gasteiger charge is 2.30. The molecule has 1 amide bonds. The van der Waals surface area contributed by atoms with Crippen molar-refractivity contribution in [1.82, 2.24) is 9.97 Å². The minimum atomic E-state index is -0.278. The molecule has 1 saturated heterocycles. The largest absolute Gasteiger partial charge is 0.368 e. The van der Waals surface area contributed by atoms with Crippen LogP contribution < -0.4 is 15.5 Å². The number of nitrogens with two attached hydrogens (primary N) is 1. The molecule has 1 atom stereocenters. The van der Waals surface area contributed by atoms with E-state index in [0.29, 0.717) is 0 Å². The predicted molar refractivity (Wildman–Crippen MR) is 92.8 cm³/mol. The van der Waals surface area contributed by atoms with Gasteiger partial charge in [-0.3, -0.25) is 4.79 Å². The van der Waals surface area contributed by atoms with E-state index in [1.54, 1.807) is 6.33 Å². The second-order valence-corrected chi connectivity index (χ2v) is 6.43. The molecule has 1 fully saturated rings. The summed E-state index contributed by atoms with van der Waals surface area (Å²) in [5.41, 5.74) is 8.29. The molecule has 2 N–H and O–H groups in total. The van der Waals surface area contributed by atoms with Crippen molar-refractivity contribution in [1.29, 1.82) is 0 Å². The molecule has 0 aliphatic carbocycles. The van der Waals surface area contributed by atoms with Gasteiger partial charge >= 0.3 is 0 Å². The monoisotopic (exact) mass is 323 g/mol. The number of amides is 1. The van der Waals surface area contributed by atoms with Gasteiger partial charge in [-0.1, -0.05) is 24.3 Å². The summed E-state index contributed by atoms with van der Waals surface area (Å²) >= 11 is 0. The van der Waals surface area contributed by atoms with Crippen molar-refractivity contribution >= 4 is 17.5 Å². The molecular formula is C18H21N5O. The zero-order valence-corrected chi connectivity index (χ0v) is 13.6. The molecule has 1 aromatic heterocycles. The fourth-order valence-corrected chi connectivity index (χ4v) is 3.70. The molecule has 0 bridgehead atoms. The van der Waals surface area contributed by atoms with Crippen LogP contribution in [0, 0.1) is 0 Å². The van der Waals surface area contributed by atoms with Gasteiger partial charge in [0, 0.05) is 25.7 Å². The SMILES string of the molecule is NC(=O)C1CCCN1c1cc(N2CCc3ccccc3C2)ncn1. The molecule has 6 heteroatoms. The first-order chi connectivity index (χ1) is 11.7. The van der Waals surface area contributed by atoms with Crippen LogP contribution in [0.15, 0.2) is 36.7 Å². The molecule has 0 saturated carbocycles. The first kappa shape index (κ1) is 14.9. The van der Waals surface area contributed by atoms with Gasteiger partial charge in [-0.25, -0.2) is 9.97 Å². The summed E-state index contributed by atoms with van der Waals surface area (Å²) in [6.07, 6.45) is 4.36. The van der Waals surface area contributed by atoms with Gasteiger partial charge in [0.25, 0.3) is 0 Å². The molecule has 2 aliphatic rings. The van der Waals surface area contributed by atoms with Crippen LogP contribution >= 0.6 is 0 Å². The zero-order valence-electron chi connectivity index (χ0n) is 13.6. The first-order valence-corrected chi connectivity index (χ1v) is 8.42. The van der Waals surface area contributed by atoms with Crippen LogP contribution in [0.1, 0.15) is 24.0 Å². The highest BCUT2D eigenvalue weighted by molar-refractivity contribution is 5.84. The van der Waals surface area contributed by atoms with E-state index in [0.717, 1.165) is 50.5 Å². The lowest BCUT2D eigenvalue weighted by Crippen LogP contribution is -2.41. The van der Waals surface area contributed by atoms with E-state index in [9.17, 15) is 4.79 Å². The van der Waals surface area contributed by atoms with Crippen LogP contribution in [0.3, 0.4) is 0 Å². The topological polar surface area (TPSA) is 75.4 Å². The Balaban J connectivity index is 1.59. The summed E-state index contributed by atoms with van der Waals surface area (Å²) in [5, 5.41) is 0. The first-order valence-electron chi connectivity index (χ1n) is 8.42. The summed E-state index contributed by atoms with van der Waals surface area (Å²) < 4.78 is 0. The predicted octanol–water partition coefficient (Wildman–Crippen LogP) is 1.49. The van der Waals surface area contributed by atoms with Crippen LogP contribution in [0.2, 0.25) is 0 Å². The van der Waals surface area contributed by atoms with E-state index >= 15 is 0 Å². The Morgan fingerprint density at radius 3 is 2.75 bits per heavy atom. The van der Waals surface area contributed by atoms with Gasteiger partial charge in [0.15, 0.2) is 0 Å². The van der Waals surface area contributed by atoms with Crippen LogP contribution in [-0.4, -0.2) is 35.0 Å².